The zero-order chi connectivity index (χ0) is 20.8. The van der Waals surface area contributed by atoms with E-state index in [0.717, 1.165) is 17.0 Å². The van der Waals surface area contributed by atoms with Crippen LogP contribution in [0.1, 0.15) is 38.8 Å². The van der Waals surface area contributed by atoms with Crippen LogP contribution >= 0.6 is 11.8 Å². The van der Waals surface area contributed by atoms with E-state index >= 15 is 0 Å². The van der Waals surface area contributed by atoms with Gasteiger partial charge >= 0.3 is 6.18 Å². The van der Waals surface area contributed by atoms with Crippen molar-refractivity contribution < 1.29 is 22.7 Å². The number of thioether (sulfide) groups is 1. The molecule has 0 saturated carbocycles. The molecule has 1 rings (SSSR count). The van der Waals surface area contributed by atoms with Crippen molar-refractivity contribution in [3.8, 4) is 0 Å². The van der Waals surface area contributed by atoms with E-state index in [1.807, 2.05) is 20.8 Å². The first-order valence-corrected chi connectivity index (χ1v) is 9.37. The highest BCUT2D eigenvalue weighted by Crippen LogP contribution is 2.33. The van der Waals surface area contributed by atoms with Gasteiger partial charge in [-0.3, -0.25) is 4.79 Å². The Morgan fingerprint density at radius 3 is 2.19 bits per heavy atom. The van der Waals surface area contributed by atoms with E-state index in [9.17, 15) is 18.0 Å². The Morgan fingerprint density at radius 2 is 1.78 bits per heavy atom. The topological polar surface area (TPSA) is 26.3 Å². The van der Waals surface area contributed by atoms with Gasteiger partial charge in [0.15, 0.2) is 5.78 Å². The summed E-state index contributed by atoms with van der Waals surface area (Å²) in [6.07, 6.45) is -2.93. The van der Waals surface area contributed by atoms with Crippen LogP contribution in [-0.4, -0.2) is 11.0 Å². The van der Waals surface area contributed by atoms with E-state index in [1.54, 1.807) is 0 Å². The third kappa shape index (κ3) is 6.94. The van der Waals surface area contributed by atoms with Crippen molar-refractivity contribution >= 4 is 17.5 Å². The summed E-state index contributed by atoms with van der Waals surface area (Å²) in [5.41, 5.74) is 0.223. The molecule has 0 aliphatic heterocycles. The molecule has 0 spiro atoms. The van der Waals surface area contributed by atoms with Crippen LogP contribution in [0.3, 0.4) is 0 Å². The lowest BCUT2D eigenvalue weighted by Gasteiger charge is -2.21. The minimum absolute atomic E-state index is 0.0527. The number of Topliss-reactive ketones (excluding diaryl/α,β-unsaturated/α-hetero) is 1. The lowest BCUT2D eigenvalue weighted by Crippen LogP contribution is -2.13. The first-order chi connectivity index (χ1) is 12.5. The Balaban J connectivity index is 3.03. The van der Waals surface area contributed by atoms with E-state index in [1.165, 1.54) is 36.9 Å². The highest BCUT2D eigenvalue weighted by atomic mass is 32.2. The predicted molar refractivity (Wildman–Crippen MR) is 105 cm³/mol. The molecule has 1 aromatic carbocycles. The van der Waals surface area contributed by atoms with Gasteiger partial charge in [0, 0.05) is 0 Å². The fourth-order valence-corrected chi connectivity index (χ4v) is 3.23. The van der Waals surface area contributed by atoms with Crippen LogP contribution in [0.15, 0.2) is 59.7 Å². The van der Waals surface area contributed by atoms with E-state index in [-0.39, 0.29) is 23.6 Å². The van der Waals surface area contributed by atoms with Gasteiger partial charge in [-0.15, -0.1) is 11.8 Å². The molecular formula is C21H25F3O2S. The summed E-state index contributed by atoms with van der Waals surface area (Å²) in [5.74, 6) is 0.525. The number of hydrogen-bond donors (Lipinski definition) is 0. The van der Waals surface area contributed by atoms with E-state index < -0.39 is 11.7 Å². The number of carbonyl (C=O) groups is 1. The smallest absolute Gasteiger partial charge is 0.416 e. The molecule has 0 aliphatic carbocycles. The van der Waals surface area contributed by atoms with Gasteiger partial charge in [-0.1, -0.05) is 45.2 Å². The summed E-state index contributed by atoms with van der Waals surface area (Å²) >= 11 is 1.49. The molecule has 0 N–H and O–H groups in total. The summed E-state index contributed by atoms with van der Waals surface area (Å²) in [6, 6.07) is 4.76. The third-order valence-electron chi connectivity index (χ3n) is 3.87. The Labute approximate surface area is 163 Å². The number of ketones is 1. The van der Waals surface area contributed by atoms with Gasteiger partial charge in [-0.2, -0.15) is 13.2 Å². The van der Waals surface area contributed by atoms with Crippen LogP contribution < -0.4 is 0 Å². The maximum absolute atomic E-state index is 12.7. The molecule has 0 aliphatic rings. The number of alkyl halides is 3. The standard InChI is InChI=1S/C21H25F3O2S/c1-7-19(14(4)25)20(16(6)27-15(5)13(2)3)26-12-17-8-10-18(11-9-17)21(22,23)24/h7-11,13,16H,1,5,12H2,2-4,6H3/b20-19-. The Morgan fingerprint density at radius 1 is 1.22 bits per heavy atom. The second-order valence-electron chi connectivity index (χ2n) is 6.40. The largest absolute Gasteiger partial charge is 0.491 e. The zero-order valence-electron chi connectivity index (χ0n) is 16.0. The molecule has 0 radical (unpaired) electrons. The van der Waals surface area contributed by atoms with Crippen LogP contribution in [0.2, 0.25) is 0 Å². The number of halogens is 3. The monoisotopic (exact) mass is 398 g/mol. The SMILES string of the molecule is C=C/C(C(C)=O)=C(/OCc1ccc(C(F)(F)F)cc1)C(C)SC(=C)C(C)C. The van der Waals surface area contributed by atoms with Crippen LogP contribution in [0, 0.1) is 5.92 Å². The molecule has 2 nitrogen and oxygen atoms in total. The van der Waals surface area contributed by atoms with Crippen molar-refractivity contribution in [2.45, 2.75) is 45.7 Å². The molecule has 0 heterocycles. The molecule has 27 heavy (non-hydrogen) atoms. The number of rotatable bonds is 9. The maximum atomic E-state index is 12.7. The first-order valence-electron chi connectivity index (χ1n) is 8.49. The molecule has 0 bridgehead atoms. The van der Waals surface area contributed by atoms with Gasteiger partial charge in [-0.05, 0) is 42.4 Å². The zero-order valence-corrected chi connectivity index (χ0v) is 16.8. The van der Waals surface area contributed by atoms with E-state index in [4.69, 9.17) is 4.74 Å². The quantitative estimate of drug-likeness (QED) is 0.268. The lowest BCUT2D eigenvalue weighted by atomic mass is 10.1. The lowest BCUT2D eigenvalue weighted by molar-refractivity contribution is -0.137. The molecule has 1 atom stereocenters. The number of ether oxygens (including phenoxy) is 1. The van der Waals surface area contributed by atoms with Crippen molar-refractivity contribution in [2.75, 3.05) is 0 Å². The van der Waals surface area contributed by atoms with Gasteiger partial charge in [0.05, 0.1) is 16.4 Å². The van der Waals surface area contributed by atoms with Crippen LogP contribution in [0.25, 0.3) is 0 Å². The number of hydrogen-bond acceptors (Lipinski definition) is 3. The number of carbonyl (C=O) groups excluding carboxylic acids is 1. The molecule has 1 aromatic rings. The van der Waals surface area contributed by atoms with Crippen LogP contribution in [0.5, 0.6) is 0 Å². The minimum atomic E-state index is -4.38. The predicted octanol–water partition coefficient (Wildman–Crippen LogP) is 6.54. The van der Waals surface area contributed by atoms with Gasteiger partial charge < -0.3 is 4.74 Å². The van der Waals surface area contributed by atoms with Crippen LogP contribution in [0.4, 0.5) is 13.2 Å². The van der Waals surface area contributed by atoms with Gasteiger partial charge in [0.1, 0.15) is 12.4 Å². The molecule has 0 saturated heterocycles. The fourth-order valence-electron chi connectivity index (χ4n) is 2.20. The summed E-state index contributed by atoms with van der Waals surface area (Å²) in [7, 11) is 0. The molecule has 0 fully saturated rings. The van der Waals surface area contributed by atoms with Gasteiger partial charge in [0.25, 0.3) is 0 Å². The average Bonchev–Trinajstić information content (AvgIpc) is 2.57. The highest BCUT2D eigenvalue weighted by molar-refractivity contribution is 8.03. The van der Waals surface area contributed by atoms with Gasteiger partial charge in [0.2, 0.25) is 0 Å². The second-order valence-corrected chi connectivity index (χ2v) is 7.87. The average molecular weight is 398 g/mol. The summed E-state index contributed by atoms with van der Waals surface area (Å²) in [4.78, 5) is 12.9. The molecule has 1 unspecified atom stereocenters. The molecule has 6 heteroatoms. The number of allylic oxidation sites excluding steroid dienone is 3. The van der Waals surface area contributed by atoms with Gasteiger partial charge in [-0.25, -0.2) is 0 Å². The first kappa shape index (κ1) is 23.1. The molecular weight excluding hydrogens is 373 g/mol. The maximum Gasteiger partial charge on any atom is 0.416 e. The van der Waals surface area contributed by atoms with Crippen molar-refractivity contribution in [2.24, 2.45) is 5.92 Å². The summed E-state index contributed by atoms with van der Waals surface area (Å²) < 4.78 is 43.9. The van der Waals surface area contributed by atoms with E-state index in [2.05, 4.69) is 13.2 Å². The van der Waals surface area contributed by atoms with E-state index in [0.29, 0.717) is 16.9 Å². The normalized spacial score (nSPS) is 13.8. The summed E-state index contributed by atoms with van der Waals surface area (Å²) in [5, 5.41) is -0.189. The molecule has 0 amide bonds. The van der Waals surface area contributed by atoms with Crippen molar-refractivity contribution in [3.05, 3.63) is 70.9 Å². The molecule has 0 aromatic heterocycles. The fraction of sp³-hybridized carbons (Fsp3) is 0.381. The Hall–Kier alpha value is -1.95. The van der Waals surface area contributed by atoms with Crippen molar-refractivity contribution in [1.29, 1.82) is 0 Å². The second kappa shape index (κ2) is 9.83. The minimum Gasteiger partial charge on any atom is -0.491 e. The Kier molecular flexibility index (Phi) is 8.41. The third-order valence-corrected chi connectivity index (χ3v) is 5.21. The Bertz CT molecular complexity index is 716. The van der Waals surface area contributed by atoms with Crippen molar-refractivity contribution in [3.63, 3.8) is 0 Å². The molecule has 148 valence electrons. The van der Waals surface area contributed by atoms with Crippen molar-refractivity contribution in [1.82, 2.24) is 0 Å². The highest BCUT2D eigenvalue weighted by Gasteiger charge is 2.30. The number of benzene rings is 1. The van der Waals surface area contributed by atoms with Crippen LogP contribution in [-0.2, 0) is 22.3 Å². The summed E-state index contributed by atoms with van der Waals surface area (Å²) in [6.45, 7) is 15.1.